The Labute approximate surface area is 92.6 Å². The Bertz CT molecular complexity index is 307. The Morgan fingerprint density at radius 3 is 3.07 bits per heavy atom. The molecule has 0 spiro atoms. The molecule has 0 aliphatic rings. The van der Waals surface area contributed by atoms with E-state index < -0.39 is 0 Å². The van der Waals surface area contributed by atoms with Crippen LogP contribution in [-0.2, 0) is 0 Å². The van der Waals surface area contributed by atoms with E-state index in [9.17, 15) is 0 Å². The average molecular weight is 233 g/mol. The highest BCUT2D eigenvalue weighted by Crippen LogP contribution is 2.18. The van der Waals surface area contributed by atoms with Gasteiger partial charge in [0.15, 0.2) is 5.82 Å². The quantitative estimate of drug-likeness (QED) is 0.830. The van der Waals surface area contributed by atoms with Crippen LogP contribution in [0.3, 0.4) is 0 Å². The molecule has 1 unspecified atom stereocenters. The van der Waals surface area contributed by atoms with Crippen LogP contribution in [0.4, 0.5) is 11.8 Å². The zero-order chi connectivity index (χ0) is 10.6. The maximum atomic E-state index is 5.87. The van der Waals surface area contributed by atoms with E-state index in [1.165, 1.54) is 6.20 Å². The first kappa shape index (κ1) is 11.4. The van der Waals surface area contributed by atoms with E-state index in [2.05, 4.69) is 28.5 Å². The first-order chi connectivity index (χ1) is 6.63. The molecule has 0 aliphatic carbocycles. The number of nitrogen functional groups attached to an aromatic ring is 1. The first-order valence-electron chi connectivity index (χ1n) is 4.18. The summed E-state index contributed by atoms with van der Waals surface area (Å²) < 4.78 is 0. The molecule has 1 heterocycles. The second-order valence-corrected chi connectivity index (χ2v) is 4.54. The monoisotopic (exact) mass is 232 g/mol. The minimum absolute atomic E-state index is 0.230. The minimum Gasteiger partial charge on any atom is -0.368 e. The molecule has 3 N–H and O–H groups in total. The van der Waals surface area contributed by atoms with E-state index >= 15 is 0 Å². The van der Waals surface area contributed by atoms with E-state index in [1.807, 2.05) is 0 Å². The van der Waals surface area contributed by atoms with Crippen molar-refractivity contribution in [3.05, 3.63) is 11.2 Å². The Morgan fingerprint density at radius 2 is 2.43 bits per heavy atom. The SMILES string of the molecule is CSC(C)CNc1nc(N)ncc1Cl. The number of nitrogens with one attached hydrogen (secondary N) is 1. The van der Waals surface area contributed by atoms with Crippen LogP contribution in [0.15, 0.2) is 6.20 Å². The highest BCUT2D eigenvalue weighted by molar-refractivity contribution is 7.99. The van der Waals surface area contributed by atoms with Crippen molar-refractivity contribution in [3.63, 3.8) is 0 Å². The first-order valence-corrected chi connectivity index (χ1v) is 5.84. The van der Waals surface area contributed by atoms with E-state index in [0.29, 0.717) is 16.1 Å². The zero-order valence-electron chi connectivity index (χ0n) is 8.12. The molecule has 0 saturated heterocycles. The lowest BCUT2D eigenvalue weighted by Crippen LogP contribution is -2.14. The molecule has 0 aliphatic heterocycles. The molecule has 78 valence electrons. The Hall–Kier alpha value is -0.680. The summed E-state index contributed by atoms with van der Waals surface area (Å²) in [5, 5.41) is 4.12. The predicted octanol–water partition coefficient (Wildman–Crippen LogP) is 1.88. The summed E-state index contributed by atoms with van der Waals surface area (Å²) in [5.41, 5.74) is 5.44. The minimum atomic E-state index is 0.230. The number of nitrogens with zero attached hydrogens (tertiary/aromatic N) is 2. The molecular weight excluding hydrogens is 220 g/mol. The number of rotatable bonds is 4. The number of halogens is 1. The molecule has 1 rings (SSSR count). The van der Waals surface area contributed by atoms with Crippen LogP contribution in [0.5, 0.6) is 0 Å². The van der Waals surface area contributed by atoms with E-state index in [1.54, 1.807) is 11.8 Å². The van der Waals surface area contributed by atoms with Crippen molar-refractivity contribution in [2.24, 2.45) is 0 Å². The molecular formula is C8H13ClN4S. The third-order valence-electron chi connectivity index (χ3n) is 1.72. The fourth-order valence-electron chi connectivity index (χ4n) is 0.828. The maximum absolute atomic E-state index is 5.87. The zero-order valence-corrected chi connectivity index (χ0v) is 9.69. The number of thioether (sulfide) groups is 1. The van der Waals surface area contributed by atoms with Crippen LogP contribution >= 0.6 is 23.4 Å². The second-order valence-electron chi connectivity index (χ2n) is 2.85. The van der Waals surface area contributed by atoms with Crippen LogP contribution in [0.1, 0.15) is 6.92 Å². The van der Waals surface area contributed by atoms with Crippen molar-refractivity contribution >= 4 is 35.1 Å². The summed E-state index contributed by atoms with van der Waals surface area (Å²) in [4.78, 5) is 7.77. The molecule has 0 bridgehead atoms. The van der Waals surface area contributed by atoms with Crippen LogP contribution in [0.25, 0.3) is 0 Å². The van der Waals surface area contributed by atoms with Gasteiger partial charge in [-0.25, -0.2) is 4.98 Å². The van der Waals surface area contributed by atoms with Gasteiger partial charge in [0, 0.05) is 11.8 Å². The van der Waals surface area contributed by atoms with Gasteiger partial charge in [0.25, 0.3) is 0 Å². The van der Waals surface area contributed by atoms with Gasteiger partial charge in [0.2, 0.25) is 5.95 Å². The molecule has 0 aromatic carbocycles. The summed E-state index contributed by atoms with van der Waals surface area (Å²) in [6.07, 6.45) is 3.55. The summed E-state index contributed by atoms with van der Waals surface area (Å²) in [7, 11) is 0. The van der Waals surface area contributed by atoms with Crippen molar-refractivity contribution in [1.82, 2.24) is 9.97 Å². The normalized spacial score (nSPS) is 12.5. The molecule has 4 nitrogen and oxygen atoms in total. The number of hydrogen-bond acceptors (Lipinski definition) is 5. The van der Waals surface area contributed by atoms with Crippen LogP contribution in [0.2, 0.25) is 5.02 Å². The number of aromatic nitrogens is 2. The third-order valence-corrected chi connectivity index (χ3v) is 2.97. The van der Waals surface area contributed by atoms with Gasteiger partial charge in [-0.1, -0.05) is 18.5 Å². The Balaban J connectivity index is 2.62. The van der Waals surface area contributed by atoms with E-state index in [-0.39, 0.29) is 5.95 Å². The standard InChI is InChI=1S/C8H13ClN4S/c1-5(14-2)3-11-7-6(9)4-12-8(10)13-7/h4-5H,3H2,1-2H3,(H3,10,11,12,13). The fraction of sp³-hybridized carbons (Fsp3) is 0.500. The van der Waals surface area contributed by atoms with Gasteiger partial charge in [0.05, 0.1) is 6.20 Å². The lowest BCUT2D eigenvalue weighted by Gasteiger charge is -2.11. The summed E-state index contributed by atoms with van der Waals surface area (Å²) in [5.74, 6) is 0.828. The molecule has 6 heteroatoms. The molecule has 0 fully saturated rings. The number of anilines is 2. The third kappa shape index (κ3) is 3.23. The van der Waals surface area contributed by atoms with Crippen molar-refractivity contribution in [1.29, 1.82) is 0 Å². The van der Waals surface area contributed by atoms with Gasteiger partial charge in [-0.2, -0.15) is 16.7 Å². The molecule has 14 heavy (non-hydrogen) atoms. The van der Waals surface area contributed by atoms with Crippen LogP contribution in [-0.4, -0.2) is 28.0 Å². The summed E-state index contributed by atoms with van der Waals surface area (Å²) in [6.45, 7) is 2.92. The van der Waals surface area contributed by atoms with Crippen molar-refractivity contribution in [3.8, 4) is 0 Å². The number of hydrogen-bond donors (Lipinski definition) is 2. The molecule has 1 aromatic rings. The van der Waals surface area contributed by atoms with Gasteiger partial charge >= 0.3 is 0 Å². The van der Waals surface area contributed by atoms with Gasteiger partial charge in [-0.3, -0.25) is 0 Å². The summed E-state index contributed by atoms with van der Waals surface area (Å²) in [6, 6.07) is 0. The maximum Gasteiger partial charge on any atom is 0.222 e. The second kappa shape index (κ2) is 5.26. The van der Waals surface area contributed by atoms with E-state index in [0.717, 1.165) is 6.54 Å². The highest BCUT2D eigenvalue weighted by atomic mass is 35.5. The lowest BCUT2D eigenvalue weighted by atomic mass is 10.4. The van der Waals surface area contributed by atoms with E-state index in [4.69, 9.17) is 17.3 Å². The molecule has 1 aromatic heterocycles. The Kier molecular flexibility index (Phi) is 4.28. The van der Waals surface area contributed by atoms with Crippen LogP contribution in [0, 0.1) is 0 Å². The van der Waals surface area contributed by atoms with Crippen molar-refractivity contribution < 1.29 is 0 Å². The molecule has 0 radical (unpaired) electrons. The molecule has 1 atom stereocenters. The predicted molar refractivity (Wildman–Crippen MR) is 62.9 cm³/mol. The smallest absolute Gasteiger partial charge is 0.222 e. The van der Waals surface area contributed by atoms with Crippen molar-refractivity contribution in [2.75, 3.05) is 23.9 Å². The van der Waals surface area contributed by atoms with Crippen molar-refractivity contribution in [2.45, 2.75) is 12.2 Å². The Morgan fingerprint density at radius 1 is 1.71 bits per heavy atom. The highest BCUT2D eigenvalue weighted by Gasteiger charge is 2.04. The van der Waals surface area contributed by atoms with Gasteiger partial charge in [-0.05, 0) is 6.26 Å². The van der Waals surface area contributed by atoms with Gasteiger partial charge in [-0.15, -0.1) is 0 Å². The molecule has 0 amide bonds. The lowest BCUT2D eigenvalue weighted by molar-refractivity contribution is 0.988. The fourth-order valence-corrected chi connectivity index (χ4v) is 1.24. The average Bonchev–Trinajstić information content (AvgIpc) is 2.19. The largest absolute Gasteiger partial charge is 0.368 e. The summed E-state index contributed by atoms with van der Waals surface area (Å²) >= 11 is 7.65. The van der Waals surface area contributed by atoms with Gasteiger partial charge in [0.1, 0.15) is 5.02 Å². The van der Waals surface area contributed by atoms with Gasteiger partial charge < -0.3 is 11.1 Å². The van der Waals surface area contributed by atoms with Crippen LogP contribution < -0.4 is 11.1 Å². The molecule has 0 saturated carbocycles. The number of nitrogens with two attached hydrogens (primary N) is 1. The topological polar surface area (TPSA) is 63.8 Å².